The van der Waals surface area contributed by atoms with Crippen LogP contribution >= 0.6 is 0 Å². The van der Waals surface area contributed by atoms with Crippen molar-refractivity contribution in [3.8, 4) is 0 Å². The summed E-state index contributed by atoms with van der Waals surface area (Å²) in [4.78, 5) is 0. The summed E-state index contributed by atoms with van der Waals surface area (Å²) in [6, 6.07) is 6.48. The average molecular weight is 234 g/mol. The molecule has 2 heteroatoms. The van der Waals surface area contributed by atoms with E-state index in [1.807, 2.05) is 6.07 Å². The molecule has 1 aromatic carbocycles. The molecule has 0 bridgehead atoms. The van der Waals surface area contributed by atoms with E-state index in [1.165, 1.54) is 30.5 Å². The topological polar surface area (TPSA) is 20.2 Å². The van der Waals surface area contributed by atoms with E-state index in [1.54, 1.807) is 6.07 Å². The summed E-state index contributed by atoms with van der Waals surface area (Å²) >= 11 is 0. The quantitative estimate of drug-likeness (QED) is 0.789. The Balaban J connectivity index is 1.88. The maximum Gasteiger partial charge on any atom is 0.123 e. The monoisotopic (exact) mass is 234 g/mol. The lowest BCUT2D eigenvalue weighted by Gasteiger charge is -2.16. The summed E-state index contributed by atoms with van der Waals surface area (Å²) < 4.78 is 13.0. The minimum absolute atomic E-state index is 0.230. The molecule has 1 aromatic rings. The molecule has 17 heavy (non-hydrogen) atoms. The molecule has 0 aliphatic heterocycles. The van der Waals surface area contributed by atoms with Gasteiger partial charge in [-0.05, 0) is 56.2 Å². The third kappa shape index (κ3) is 3.97. The van der Waals surface area contributed by atoms with Crippen LogP contribution in [0.25, 0.3) is 0 Å². The molecule has 0 saturated heterocycles. The van der Waals surface area contributed by atoms with Crippen LogP contribution in [0.15, 0.2) is 35.9 Å². The third-order valence-corrected chi connectivity index (χ3v) is 3.24. The van der Waals surface area contributed by atoms with Crippen LogP contribution in [0, 0.1) is 5.82 Å². The van der Waals surface area contributed by atoms with Gasteiger partial charge in [-0.2, -0.15) is 0 Å². The molecule has 2 rings (SSSR count). The molecular formula is C15H19FO. The van der Waals surface area contributed by atoms with Crippen molar-refractivity contribution < 1.29 is 9.50 Å². The smallest absolute Gasteiger partial charge is 0.123 e. The fraction of sp³-hybridized carbons (Fsp3) is 0.467. The van der Waals surface area contributed by atoms with E-state index in [4.69, 9.17) is 0 Å². The second kappa shape index (κ2) is 5.97. The zero-order valence-electron chi connectivity index (χ0n) is 10.0. The second-order valence-corrected chi connectivity index (χ2v) is 4.80. The van der Waals surface area contributed by atoms with Gasteiger partial charge in [0.15, 0.2) is 0 Å². The summed E-state index contributed by atoms with van der Waals surface area (Å²) in [6.45, 7) is 0. The van der Waals surface area contributed by atoms with E-state index in [9.17, 15) is 9.50 Å². The highest BCUT2D eigenvalue weighted by Crippen LogP contribution is 2.22. The molecule has 0 radical (unpaired) electrons. The van der Waals surface area contributed by atoms with E-state index in [0.717, 1.165) is 24.8 Å². The van der Waals surface area contributed by atoms with Gasteiger partial charge in [0.25, 0.3) is 0 Å². The molecule has 92 valence electrons. The van der Waals surface area contributed by atoms with Crippen LogP contribution < -0.4 is 0 Å². The Morgan fingerprint density at radius 2 is 2.12 bits per heavy atom. The van der Waals surface area contributed by atoms with E-state index in [0.29, 0.717) is 6.42 Å². The molecule has 0 spiro atoms. The first-order valence-electron chi connectivity index (χ1n) is 6.34. The van der Waals surface area contributed by atoms with Crippen LogP contribution in [0.4, 0.5) is 4.39 Å². The van der Waals surface area contributed by atoms with Gasteiger partial charge in [0.05, 0.1) is 6.10 Å². The molecule has 1 atom stereocenters. The number of allylic oxidation sites excluding steroid dienone is 1. The van der Waals surface area contributed by atoms with E-state index in [-0.39, 0.29) is 11.9 Å². The lowest BCUT2D eigenvalue weighted by atomic mass is 9.93. The molecule has 1 aliphatic carbocycles. The number of aliphatic hydroxyl groups is 1. The fourth-order valence-corrected chi connectivity index (χ4v) is 2.40. The number of halogens is 1. The summed E-state index contributed by atoms with van der Waals surface area (Å²) in [7, 11) is 0. The number of benzene rings is 1. The van der Waals surface area contributed by atoms with Crippen molar-refractivity contribution in [2.45, 2.75) is 44.6 Å². The Bertz CT molecular complexity index is 398. The Labute approximate surface area is 102 Å². The van der Waals surface area contributed by atoms with Crippen molar-refractivity contribution in [3.05, 3.63) is 47.3 Å². The minimum Gasteiger partial charge on any atom is -0.392 e. The molecule has 0 aromatic heterocycles. The summed E-state index contributed by atoms with van der Waals surface area (Å²) in [5.74, 6) is -0.230. The van der Waals surface area contributed by atoms with Gasteiger partial charge in [-0.3, -0.25) is 0 Å². The SMILES string of the molecule is OC(CC1=CCCCC1)Cc1cccc(F)c1. The largest absolute Gasteiger partial charge is 0.392 e. The highest BCUT2D eigenvalue weighted by molar-refractivity contribution is 5.18. The number of hydrogen-bond acceptors (Lipinski definition) is 1. The van der Waals surface area contributed by atoms with E-state index < -0.39 is 0 Å². The van der Waals surface area contributed by atoms with Gasteiger partial charge >= 0.3 is 0 Å². The molecular weight excluding hydrogens is 215 g/mol. The van der Waals surface area contributed by atoms with Crippen molar-refractivity contribution in [1.82, 2.24) is 0 Å². The normalized spacial score (nSPS) is 17.6. The molecule has 1 nitrogen and oxygen atoms in total. The van der Waals surface area contributed by atoms with Crippen LogP contribution in [0.2, 0.25) is 0 Å². The first-order valence-corrected chi connectivity index (χ1v) is 6.34. The van der Waals surface area contributed by atoms with Crippen LogP contribution in [0.1, 0.15) is 37.7 Å². The van der Waals surface area contributed by atoms with Gasteiger partial charge in [-0.15, -0.1) is 0 Å². The first-order chi connectivity index (χ1) is 8.24. The standard InChI is InChI=1S/C15H19FO/c16-14-8-4-7-13(9-14)11-15(17)10-12-5-2-1-3-6-12/h4-5,7-9,15,17H,1-3,6,10-11H2. The first kappa shape index (κ1) is 12.3. The van der Waals surface area contributed by atoms with E-state index >= 15 is 0 Å². The van der Waals surface area contributed by atoms with Gasteiger partial charge in [-0.1, -0.05) is 23.8 Å². The molecule has 0 saturated carbocycles. The highest BCUT2D eigenvalue weighted by atomic mass is 19.1. The summed E-state index contributed by atoms with van der Waals surface area (Å²) in [5.41, 5.74) is 2.23. The van der Waals surface area contributed by atoms with Crippen molar-refractivity contribution in [2.24, 2.45) is 0 Å². The minimum atomic E-state index is -0.388. The predicted molar refractivity (Wildman–Crippen MR) is 67.3 cm³/mol. The molecule has 1 unspecified atom stereocenters. The van der Waals surface area contributed by atoms with Gasteiger partial charge < -0.3 is 5.11 Å². The second-order valence-electron chi connectivity index (χ2n) is 4.80. The number of aliphatic hydroxyl groups excluding tert-OH is 1. The third-order valence-electron chi connectivity index (χ3n) is 3.24. The predicted octanol–water partition coefficient (Wildman–Crippen LogP) is 3.62. The Kier molecular flexibility index (Phi) is 4.32. The van der Waals surface area contributed by atoms with Gasteiger partial charge in [0.2, 0.25) is 0 Å². The Hall–Kier alpha value is -1.15. The van der Waals surface area contributed by atoms with Crippen LogP contribution in [0.3, 0.4) is 0 Å². The molecule has 1 N–H and O–H groups in total. The molecule has 1 aliphatic rings. The number of rotatable bonds is 4. The highest BCUT2D eigenvalue weighted by Gasteiger charge is 2.11. The van der Waals surface area contributed by atoms with Crippen LogP contribution in [-0.2, 0) is 6.42 Å². The fourth-order valence-electron chi connectivity index (χ4n) is 2.40. The van der Waals surface area contributed by atoms with Crippen molar-refractivity contribution in [1.29, 1.82) is 0 Å². The van der Waals surface area contributed by atoms with Gasteiger partial charge in [-0.25, -0.2) is 4.39 Å². The molecule has 0 amide bonds. The lowest BCUT2D eigenvalue weighted by Crippen LogP contribution is -2.12. The lowest BCUT2D eigenvalue weighted by molar-refractivity contribution is 0.173. The number of hydrogen-bond donors (Lipinski definition) is 1. The Morgan fingerprint density at radius 1 is 1.24 bits per heavy atom. The van der Waals surface area contributed by atoms with Crippen molar-refractivity contribution in [2.75, 3.05) is 0 Å². The molecule has 0 heterocycles. The summed E-state index contributed by atoms with van der Waals surface area (Å²) in [5, 5.41) is 9.98. The van der Waals surface area contributed by atoms with Gasteiger partial charge in [0, 0.05) is 0 Å². The molecule has 0 fully saturated rings. The Morgan fingerprint density at radius 3 is 2.82 bits per heavy atom. The van der Waals surface area contributed by atoms with Crippen molar-refractivity contribution in [3.63, 3.8) is 0 Å². The zero-order valence-corrected chi connectivity index (χ0v) is 10.0. The zero-order chi connectivity index (χ0) is 12.1. The summed E-state index contributed by atoms with van der Waals surface area (Å²) in [6.07, 6.45) is 7.88. The maximum atomic E-state index is 13.0. The van der Waals surface area contributed by atoms with Gasteiger partial charge in [0.1, 0.15) is 5.82 Å². The maximum absolute atomic E-state index is 13.0. The van der Waals surface area contributed by atoms with E-state index in [2.05, 4.69) is 6.08 Å². The van der Waals surface area contributed by atoms with Crippen molar-refractivity contribution >= 4 is 0 Å². The average Bonchev–Trinajstić information content (AvgIpc) is 2.30. The van der Waals surface area contributed by atoms with Crippen LogP contribution in [-0.4, -0.2) is 11.2 Å². The van der Waals surface area contributed by atoms with Crippen LogP contribution in [0.5, 0.6) is 0 Å².